The summed E-state index contributed by atoms with van der Waals surface area (Å²) in [6, 6.07) is 21.6. The number of aliphatic hydroxyl groups excluding tert-OH is 1. The van der Waals surface area contributed by atoms with Gasteiger partial charge in [-0.05, 0) is 46.7 Å². The van der Waals surface area contributed by atoms with Gasteiger partial charge in [0.15, 0.2) is 5.78 Å². The quantitative estimate of drug-likeness (QED) is 0.704. The van der Waals surface area contributed by atoms with Crippen molar-refractivity contribution in [1.29, 1.82) is 0 Å². The second-order valence-corrected chi connectivity index (χ2v) is 7.21. The fraction of sp³-hybridized carbons (Fsp3) is 0.217. The van der Waals surface area contributed by atoms with E-state index in [9.17, 15) is 9.90 Å². The SMILES string of the molecule is O=C(c1ccccn1)[C@@H]1c2ccccc2[C@H]2C[C@@H]1c1ccccc1[C@H]2O. The topological polar surface area (TPSA) is 50.2 Å². The molecular weight excluding hydrogens is 322 g/mol. The smallest absolute Gasteiger partial charge is 0.189 e. The van der Waals surface area contributed by atoms with Gasteiger partial charge in [0, 0.05) is 12.1 Å². The fourth-order valence-electron chi connectivity index (χ4n) is 4.82. The number of hydrogen-bond acceptors (Lipinski definition) is 3. The first-order valence-electron chi connectivity index (χ1n) is 9.06. The van der Waals surface area contributed by atoms with Crippen LogP contribution in [0.3, 0.4) is 0 Å². The van der Waals surface area contributed by atoms with Crippen molar-refractivity contribution in [3.8, 4) is 0 Å². The molecule has 2 aromatic carbocycles. The average molecular weight is 341 g/mol. The molecule has 3 heteroatoms. The zero-order valence-electron chi connectivity index (χ0n) is 14.2. The molecule has 1 aromatic heterocycles. The Labute approximate surface area is 152 Å². The third kappa shape index (κ3) is 2.17. The van der Waals surface area contributed by atoms with Crippen molar-refractivity contribution in [2.75, 3.05) is 0 Å². The third-order valence-corrected chi connectivity index (χ3v) is 5.94. The van der Waals surface area contributed by atoms with Crippen molar-refractivity contribution < 1.29 is 9.90 Å². The number of aromatic nitrogens is 1. The van der Waals surface area contributed by atoms with E-state index in [1.165, 1.54) is 0 Å². The number of aliphatic hydroxyl groups is 1. The summed E-state index contributed by atoms with van der Waals surface area (Å²) in [7, 11) is 0. The molecule has 2 aliphatic rings. The molecular formula is C23H19NO2. The molecule has 2 bridgehead atoms. The summed E-state index contributed by atoms with van der Waals surface area (Å²) in [5.41, 5.74) is 4.70. The van der Waals surface area contributed by atoms with Gasteiger partial charge in [-0.3, -0.25) is 9.78 Å². The molecule has 1 N–H and O–H groups in total. The molecule has 26 heavy (non-hydrogen) atoms. The lowest BCUT2D eigenvalue weighted by Gasteiger charge is -2.44. The summed E-state index contributed by atoms with van der Waals surface area (Å²) >= 11 is 0. The molecule has 0 saturated carbocycles. The Bertz CT molecular complexity index is 982. The van der Waals surface area contributed by atoms with Crippen LogP contribution in [0.15, 0.2) is 72.9 Å². The van der Waals surface area contributed by atoms with Gasteiger partial charge in [-0.1, -0.05) is 54.6 Å². The van der Waals surface area contributed by atoms with Crippen LogP contribution in [-0.4, -0.2) is 15.9 Å². The summed E-state index contributed by atoms with van der Waals surface area (Å²) in [6.45, 7) is 0. The summed E-state index contributed by atoms with van der Waals surface area (Å²) in [5.74, 6) is -0.0819. The van der Waals surface area contributed by atoms with Crippen LogP contribution in [0.2, 0.25) is 0 Å². The minimum absolute atomic E-state index is 0.0406. The van der Waals surface area contributed by atoms with Gasteiger partial charge < -0.3 is 5.11 Å². The molecule has 0 spiro atoms. The molecule has 3 aromatic rings. The highest BCUT2D eigenvalue weighted by Crippen LogP contribution is 2.57. The maximum Gasteiger partial charge on any atom is 0.189 e. The molecule has 0 fully saturated rings. The van der Waals surface area contributed by atoms with Crippen LogP contribution in [0, 0.1) is 0 Å². The number of carbonyl (C=O) groups excluding carboxylic acids is 1. The maximum absolute atomic E-state index is 13.4. The van der Waals surface area contributed by atoms with Crippen LogP contribution in [0.4, 0.5) is 0 Å². The zero-order valence-corrected chi connectivity index (χ0v) is 14.2. The van der Waals surface area contributed by atoms with E-state index in [1.807, 2.05) is 48.5 Å². The van der Waals surface area contributed by atoms with E-state index in [0.29, 0.717) is 5.69 Å². The second-order valence-electron chi connectivity index (χ2n) is 7.21. The van der Waals surface area contributed by atoms with Gasteiger partial charge in [0.25, 0.3) is 0 Å². The first-order valence-corrected chi connectivity index (χ1v) is 9.06. The lowest BCUT2D eigenvalue weighted by Crippen LogP contribution is -2.35. The predicted octanol–water partition coefficient (Wildman–Crippen LogP) is 4.37. The molecule has 0 saturated heterocycles. The zero-order chi connectivity index (χ0) is 17.7. The Morgan fingerprint density at radius 1 is 0.808 bits per heavy atom. The lowest BCUT2D eigenvalue weighted by atomic mass is 9.60. The van der Waals surface area contributed by atoms with E-state index in [0.717, 1.165) is 28.7 Å². The molecule has 128 valence electrons. The van der Waals surface area contributed by atoms with E-state index >= 15 is 0 Å². The number of hydrogen-bond donors (Lipinski definition) is 1. The van der Waals surface area contributed by atoms with E-state index in [4.69, 9.17) is 0 Å². The van der Waals surface area contributed by atoms with E-state index in [1.54, 1.807) is 12.3 Å². The van der Waals surface area contributed by atoms with Crippen LogP contribution in [0.1, 0.15) is 63.0 Å². The third-order valence-electron chi connectivity index (χ3n) is 5.94. The van der Waals surface area contributed by atoms with Crippen LogP contribution in [-0.2, 0) is 0 Å². The van der Waals surface area contributed by atoms with Crippen LogP contribution < -0.4 is 0 Å². The average Bonchev–Trinajstić information content (AvgIpc) is 2.72. The van der Waals surface area contributed by atoms with Crippen LogP contribution in [0.5, 0.6) is 0 Å². The Morgan fingerprint density at radius 2 is 1.42 bits per heavy atom. The summed E-state index contributed by atoms with van der Waals surface area (Å²) in [4.78, 5) is 17.7. The number of nitrogens with zero attached hydrogens (tertiary/aromatic N) is 1. The predicted molar refractivity (Wildman–Crippen MR) is 99.3 cm³/mol. The normalized spacial score (nSPS) is 25.9. The van der Waals surface area contributed by atoms with Crippen LogP contribution in [0.25, 0.3) is 0 Å². The van der Waals surface area contributed by atoms with Crippen LogP contribution >= 0.6 is 0 Å². The summed E-state index contributed by atoms with van der Waals surface area (Å²) in [6.07, 6.45) is 1.94. The number of ketones is 1. The maximum atomic E-state index is 13.4. The van der Waals surface area contributed by atoms with E-state index < -0.39 is 6.10 Å². The van der Waals surface area contributed by atoms with Gasteiger partial charge in [-0.15, -0.1) is 0 Å². The number of benzene rings is 2. The number of carbonyl (C=O) groups is 1. The monoisotopic (exact) mass is 341 g/mol. The van der Waals surface area contributed by atoms with Gasteiger partial charge in [-0.2, -0.15) is 0 Å². The highest BCUT2D eigenvalue weighted by Gasteiger charge is 2.46. The van der Waals surface area contributed by atoms with Gasteiger partial charge >= 0.3 is 0 Å². The first kappa shape index (κ1) is 15.5. The standard InChI is InChI=1S/C23H19NO2/c25-22-17-10-4-2-8-15(17)18-13-19(22)14-7-1-3-9-16(14)21(18)23(26)20-11-5-6-12-24-20/h1-12,18-19,21-22,25H,13H2/t18-,19-,21-,22-/m1/s1. The number of Topliss-reactive ketones (excluding diaryl/α,β-unsaturated/α-hetero) is 1. The molecule has 1 heterocycles. The molecule has 2 aliphatic carbocycles. The Morgan fingerprint density at radius 3 is 2.12 bits per heavy atom. The van der Waals surface area contributed by atoms with E-state index in [-0.39, 0.29) is 23.5 Å². The highest BCUT2D eigenvalue weighted by molar-refractivity contribution is 6.00. The van der Waals surface area contributed by atoms with Crippen molar-refractivity contribution in [3.05, 3.63) is 101 Å². The van der Waals surface area contributed by atoms with Crippen molar-refractivity contribution in [2.45, 2.75) is 30.3 Å². The number of rotatable bonds is 2. The minimum Gasteiger partial charge on any atom is -0.388 e. The fourth-order valence-corrected chi connectivity index (χ4v) is 4.82. The molecule has 4 atom stereocenters. The summed E-state index contributed by atoms with van der Waals surface area (Å²) < 4.78 is 0. The minimum atomic E-state index is -0.519. The number of pyridine rings is 1. The van der Waals surface area contributed by atoms with Gasteiger partial charge in [0.1, 0.15) is 5.69 Å². The van der Waals surface area contributed by atoms with Gasteiger partial charge in [0.05, 0.1) is 12.0 Å². The molecule has 0 radical (unpaired) electrons. The lowest BCUT2D eigenvalue weighted by molar-refractivity contribution is 0.0868. The molecule has 0 amide bonds. The largest absolute Gasteiger partial charge is 0.388 e. The van der Waals surface area contributed by atoms with Crippen molar-refractivity contribution in [1.82, 2.24) is 4.98 Å². The van der Waals surface area contributed by atoms with Crippen molar-refractivity contribution in [3.63, 3.8) is 0 Å². The van der Waals surface area contributed by atoms with Gasteiger partial charge in [0.2, 0.25) is 0 Å². The van der Waals surface area contributed by atoms with Gasteiger partial charge in [-0.25, -0.2) is 0 Å². The molecule has 0 unspecified atom stereocenters. The Kier molecular flexibility index (Phi) is 3.50. The molecule has 5 rings (SSSR count). The first-order chi connectivity index (χ1) is 12.8. The van der Waals surface area contributed by atoms with E-state index in [2.05, 4.69) is 17.1 Å². The molecule has 0 aliphatic heterocycles. The van der Waals surface area contributed by atoms with Crippen molar-refractivity contribution >= 4 is 5.78 Å². The highest BCUT2D eigenvalue weighted by atomic mass is 16.3. The second kappa shape index (κ2) is 5.89. The number of fused-ring (bicyclic) bond motifs is 6. The van der Waals surface area contributed by atoms with Crippen molar-refractivity contribution in [2.24, 2.45) is 0 Å². The summed E-state index contributed by atoms with van der Waals surface area (Å²) in [5, 5.41) is 11.0. The molecule has 3 nitrogen and oxygen atoms in total. The Balaban J connectivity index is 1.72. The Hall–Kier alpha value is -2.78.